The van der Waals surface area contributed by atoms with Crippen LogP contribution in [0.2, 0.25) is 0 Å². The molecule has 2 amide bonds. The van der Waals surface area contributed by atoms with E-state index in [-0.39, 0.29) is 11.8 Å². The van der Waals surface area contributed by atoms with Gasteiger partial charge in [0.1, 0.15) is 6.04 Å². The average molecular weight is 381 g/mol. The third-order valence-corrected chi connectivity index (χ3v) is 4.95. The molecule has 28 heavy (non-hydrogen) atoms. The van der Waals surface area contributed by atoms with E-state index in [1.165, 1.54) is 5.56 Å². The summed E-state index contributed by atoms with van der Waals surface area (Å²) in [4.78, 5) is 27.4. The van der Waals surface area contributed by atoms with Crippen molar-refractivity contribution >= 4 is 11.8 Å². The second kappa shape index (κ2) is 10.6. The maximum atomic E-state index is 13.1. The van der Waals surface area contributed by atoms with E-state index in [4.69, 9.17) is 0 Å². The van der Waals surface area contributed by atoms with Crippen molar-refractivity contribution in [3.05, 3.63) is 70.8 Å². The molecule has 0 radical (unpaired) electrons. The maximum absolute atomic E-state index is 13.1. The van der Waals surface area contributed by atoms with Crippen LogP contribution in [-0.4, -0.2) is 29.3 Å². The molecule has 0 aromatic heterocycles. The minimum Gasteiger partial charge on any atom is -0.354 e. The summed E-state index contributed by atoms with van der Waals surface area (Å²) >= 11 is 0. The number of nitrogens with zero attached hydrogens (tertiary/aromatic N) is 1. The molecule has 0 fully saturated rings. The molecular formula is C24H32N2O2. The predicted molar refractivity (Wildman–Crippen MR) is 114 cm³/mol. The number of nitrogens with one attached hydrogen (secondary N) is 1. The first-order valence-corrected chi connectivity index (χ1v) is 10.1. The Morgan fingerprint density at radius 3 is 2.00 bits per heavy atom. The fourth-order valence-electron chi connectivity index (χ4n) is 2.99. The first kappa shape index (κ1) is 21.7. The van der Waals surface area contributed by atoms with Gasteiger partial charge in [0.2, 0.25) is 11.8 Å². The Morgan fingerprint density at radius 1 is 0.929 bits per heavy atom. The van der Waals surface area contributed by atoms with Gasteiger partial charge >= 0.3 is 0 Å². The van der Waals surface area contributed by atoms with Crippen LogP contribution in [0.15, 0.2) is 48.5 Å². The highest BCUT2D eigenvalue weighted by atomic mass is 16.2. The predicted octanol–water partition coefficient (Wildman–Crippen LogP) is 4.18. The van der Waals surface area contributed by atoms with Crippen molar-refractivity contribution in [1.82, 2.24) is 10.2 Å². The molecule has 0 heterocycles. The van der Waals surface area contributed by atoms with Gasteiger partial charge in [-0.2, -0.15) is 0 Å². The molecule has 0 saturated carbocycles. The van der Waals surface area contributed by atoms with Gasteiger partial charge in [-0.25, -0.2) is 0 Å². The lowest BCUT2D eigenvalue weighted by Gasteiger charge is -2.29. The Bertz CT molecular complexity index is 766. The van der Waals surface area contributed by atoms with Gasteiger partial charge in [-0.3, -0.25) is 9.59 Å². The Balaban J connectivity index is 2.15. The van der Waals surface area contributed by atoms with Gasteiger partial charge in [0.15, 0.2) is 0 Å². The number of aryl methyl sites for hydroxylation is 2. The van der Waals surface area contributed by atoms with Gasteiger partial charge in [0.25, 0.3) is 0 Å². The smallest absolute Gasteiger partial charge is 0.242 e. The number of amides is 2. The lowest BCUT2D eigenvalue weighted by molar-refractivity contribution is -0.140. The zero-order valence-corrected chi connectivity index (χ0v) is 17.5. The van der Waals surface area contributed by atoms with Gasteiger partial charge in [-0.1, -0.05) is 73.0 Å². The Hall–Kier alpha value is -2.62. The summed E-state index contributed by atoms with van der Waals surface area (Å²) in [6.45, 7) is 9.02. The van der Waals surface area contributed by atoms with Crippen LogP contribution >= 0.6 is 0 Å². The van der Waals surface area contributed by atoms with E-state index in [1.807, 2.05) is 69.3 Å². The van der Waals surface area contributed by atoms with Gasteiger partial charge in [-0.05, 0) is 38.3 Å². The van der Waals surface area contributed by atoms with Crippen molar-refractivity contribution in [1.29, 1.82) is 0 Å². The van der Waals surface area contributed by atoms with Crippen LogP contribution in [0.5, 0.6) is 0 Å². The molecule has 0 aliphatic heterocycles. The molecule has 1 atom stereocenters. The van der Waals surface area contributed by atoms with Crippen molar-refractivity contribution in [2.45, 2.75) is 59.5 Å². The number of hydrogen-bond donors (Lipinski definition) is 1. The minimum absolute atomic E-state index is 0.0393. The lowest BCUT2D eigenvalue weighted by atomic mass is 10.1. The first-order valence-electron chi connectivity index (χ1n) is 10.1. The van der Waals surface area contributed by atoms with E-state index >= 15 is 0 Å². The molecule has 4 heteroatoms. The van der Waals surface area contributed by atoms with Crippen LogP contribution in [0.1, 0.15) is 48.9 Å². The number of benzene rings is 2. The third-order valence-electron chi connectivity index (χ3n) is 4.95. The van der Waals surface area contributed by atoms with Gasteiger partial charge < -0.3 is 10.2 Å². The summed E-state index contributed by atoms with van der Waals surface area (Å²) in [5.74, 6) is -0.139. The van der Waals surface area contributed by atoms with Crippen molar-refractivity contribution in [3.63, 3.8) is 0 Å². The highest BCUT2D eigenvalue weighted by Gasteiger charge is 2.26. The first-order chi connectivity index (χ1) is 13.4. The summed E-state index contributed by atoms with van der Waals surface area (Å²) < 4.78 is 0. The second-order valence-electron chi connectivity index (χ2n) is 7.49. The highest BCUT2D eigenvalue weighted by molar-refractivity contribution is 5.88. The molecule has 4 nitrogen and oxygen atoms in total. The molecular weight excluding hydrogens is 348 g/mol. The minimum atomic E-state index is -0.517. The van der Waals surface area contributed by atoms with Crippen LogP contribution in [0.3, 0.4) is 0 Å². The monoisotopic (exact) mass is 380 g/mol. The Labute approximate surface area is 169 Å². The van der Waals surface area contributed by atoms with E-state index in [1.54, 1.807) is 4.90 Å². The van der Waals surface area contributed by atoms with Crippen molar-refractivity contribution < 1.29 is 9.59 Å². The molecule has 0 bridgehead atoms. The van der Waals surface area contributed by atoms with E-state index in [9.17, 15) is 9.59 Å². The summed E-state index contributed by atoms with van der Waals surface area (Å²) in [7, 11) is 0. The molecule has 2 aromatic carbocycles. The summed E-state index contributed by atoms with van der Waals surface area (Å²) in [5.41, 5.74) is 4.32. The summed E-state index contributed by atoms with van der Waals surface area (Å²) in [6, 6.07) is 15.5. The zero-order chi connectivity index (χ0) is 20.5. The molecule has 0 spiro atoms. The summed E-state index contributed by atoms with van der Waals surface area (Å²) in [5, 5.41) is 2.95. The maximum Gasteiger partial charge on any atom is 0.242 e. The van der Waals surface area contributed by atoms with Crippen molar-refractivity contribution in [2.75, 3.05) is 6.54 Å². The van der Waals surface area contributed by atoms with E-state index in [2.05, 4.69) is 12.2 Å². The fourth-order valence-corrected chi connectivity index (χ4v) is 2.99. The standard InChI is InChI=1S/C24H32N2O2/c1-5-6-15-25-24(28)20(4)26(17-22-13-9-19(3)10-14-22)23(27)16-21-11-7-18(2)8-12-21/h7-14,20H,5-6,15-17H2,1-4H3,(H,25,28)/t20-/m0/s1. The molecule has 0 unspecified atom stereocenters. The van der Waals surface area contributed by atoms with Crippen LogP contribution in [-0.2, 0) is 22.6 Å². The Kier molecular flexibility index (Phi) is 8.24. The van der Waals surface area contributed by atoms with Crippen LogP contribution in [0, 0.1) is 13.8 Å². The normalized spacial score (nSPS) is 11.7. The zero-order valence-electron chi connectivity index (χ0n) is 17.5. The number of hydrogen-bond acceptors (Lipinski definition) is 2. The number of rotatable bonds is 9. The highest BCUT2D eigenvalue weighted by Crippen LogP contribution is 2.14. The van der Waals surface area contributed by atoms with Crippen LogP contribution in [0.4, 0.5) is 0 Å². The molecule has 0 saturated heterocycles. The van der Waals surface area contributed by atoms with E-state index < -0.39 is 6.04 Å². The van der Waals surface area contributed by atoms with Crippen molar-refractivity contribution in [3.8, 4) is 0 Å². The lowest BCUT2D eigenvalue weighted by Crippen LogP contribution is -2.48. The van der Waals surface area contributed by atoms with Crippen LogP contribution in [0.25, 0.3) is 0 Å². The van der Waals surface area contributed by atoms with Crippen LogP contribution < -0.4 is 5.32 Å². The topological polar surface area (TPSA) is 49.4 Å². The molecule has 0 aliphatic carbocycles. The van der Waals surface area contributed by atoms with Gasteiger partial charge in [0.05, 0.1) is 6.42 Å². The van der Waals surface area contributed by atoms with Gasteiger partial charge in [0, 0.05) is 13.1 Å². The molecule has 2 rings (SSSR count). The largest absolute Gasteiger partial charge is 0.354 e. The molecule has 150 valence electrons. The summed E-state index contributed by atoms with van der Waals surface area (Å²) in [6.07, 6.45) is 2.25. The molecule has 2 aromatic rings. The van der Waals surface area contributed by atoms with Crippen molar-refractivity contribution in [2.24, 2.45) is 0 Å². The van der Waals surface area contributed by atoms with Gasteiger partial charge in [-0.15, -0.1) is 0 Å². The molecule has 0 aliphatic rings. The third kappa shape index (κ3) is 6.52. The second-order valence-corrected chi connectivity index (χ2v) is 7.49. The number of carbonyl (C=O) groups is 2. The average Bonchev–Trinajstić information content (AvgIpc) is 2.68. The fraction of sp³-hybridized carbons (Fsp3) is 0.417. The van der Waals surface area contributed by atoms with E-state index in [0.717, 1.165) is 29.5 Å². The van der Waals surface area contributed by atoms with E-state index in [0.29, 0.717) is 19.5 Å². The quantitative estimate of drug-likeness (QED) is 0.664. The number of unbranched alkanes of at least 4 members (excludes halogenated alkanes) is 1. The SMILES string of the molecule is CCCCNC(=O)[C@H](C)N(Cc1ccc(C)cc1)C(=O)Cc1ccc(C)cc1. The Morgan fingerprint density at radius 2 is 1.46 bits per heavy atom. The number of carbonyl (C=O) groups excluding carboxylic acids is 2. The molecule has 1 N–H and O–H groups in total.